The molecule has 0 aliphatic rings. The molecule has 0 amide bonds. The smallest absolute Gasteiger partial charge is 0.129 e. The van der Waals surface area contributed by atoms with Crippen molar-refractivity contribution in [2.24, 2.45) is 0 Å². The maximum absolute atomic E-state index is 6.20. The number of ether oxygens (including phenoxy) is 1. The van der Waals surface area contributed by atoms with E-state index in [1.807, 2.05) is 30.6 Å². The first-order valence-corrected chi connectivity index (χ1v) is 9.28. The van der Waals surface area contributed by atoms with Crippen molar-refractivity contribution in [3.63, 3.8) is 0 Å². The van der Waals surface area contributed by atoms with Gasteiger partial charge >= 0.3 is 0 Å². The molecular weight excluding hydrogens is 332 g/mol. The molecule has 0 saturated carbocycles. The van der Waals surface area contributed by atoms with Gasteiger partial charge in [0, 0.05) is 18.0 Å². The molecule has 0 fully saturated rings. The van der Waals surface area contributed by atoms with Crippen LogP contribution in [-0.2, 0) is 19.7 Å². The Morgan fingerprint density at radius 1 is 0.704 bits per heavy atom. The molecule has 2 N–H and O–H groups in total. The summed E-state index contributed by atoms with van der Waals surface area (Å²) in [4.78, 5) is 4.09. The van der Waals surface area contributed by atoms with Crippen LogP contribution >= 0.6 is 0 Å². The van der Waals surface area contributed by atoms with Crippen LogP contribution in [0, 0.1) is 0 Å². The molecule has 0 radical (unpaired) electrons. The predicted molar refractivity (Wildman–Crippen MR) is 108 cm³/mol. The Balaban J connectivity index is 1.55. The Morgan fingerprint density at radius 2 is 1.48 bits per heavy atom. The van der Waals surface area contributed by atoms with Crippen LogP contribution in [0.4, 0.5) is 0 Å². The first-order chi connectivity index (χ1) is 13.4. The van der Waals surface area contributed by atoms with E-state index in [9.17, 15) is 0 Å². The second-order valence-electron chi connectivity index (χ2n) is 6.59. The van der Waals surface area contributed by atoms with Crippen molar-refractivity contribution in [1.29, 1.82) is 0 Å². The van der Waals surface area contributed by atoms with Crippen LogP contribution in [0.2, 0.25) is 0 Å². The number of hydrogen-bond donors (Lipinski definition) is 1. The first kappa shape index (κ1) is 17.3. The van der Waals surface area contributed by atoms with Crippen LogP contribution in [0.5, 0.6) is 5.75 Å². The highest BCUT2D eigenvalue weighted by molar-refractivity contribution is 5.87. The lowest BCUT2D eigenvalue weighted by atomic mass is 10.0. The molecule has 134 valence electrons. The molecule has 1 heterocycles. The molecule has 0 saturated heterocycles. The van der Waals surface area contributed by atoms with Gasteiger partial charge in [0.25, 0.3) is 0 Å². The third kappa shape index (κ3) is 4.33. The van der Waals surface area contributed by atoms with Crippen molar-refractivity contribution in [1.82, 2.24) is 4.98 Å². The summed E-state index contributed by atoms with van der Waals surface area (Å²) in [7, 11) is 0. The third-order valence-electron chi connectivity index (χ3n) is 4.71. The van der Waals surface area contributed by atoms with E-state index in [1.54, 1.807) is 0 Å². The minimum atomic E-state index is 0.580. The zero-order chi connectivity index (χ0) is 18.3. The minimum Gasteiger partial charge on any atom is -0.488 e. The van der Waals surface area contributed by atoms with Crippen LogP contribution in [0.15, 0.2) is 91.3 Å². The molecule has 27 heavy (non-hydrogen) atoms. The van der Waals surface area contributed by atoms with Gasteiger partial charge in [-0.3, -0.25) is 4.98 Å². The molecule has 3 aromatic carbocycles. The van der Waals surface area contributed by atoms with E-state index >= 15 is 0 Å². The molecule has 0 aliphatic heterocycles. The summed E-state index contributed by atoms with van der Waals surface area (Å²) >= 11 is 0. The van der Waals surface area contributed by atoms with Gasteiger partial charge in [-0.2, -0.15) is 0 Å². The number of fused-ring (bicyclic) bond motifs is 1. The number of aromatic nitrogens is 1. The summed E-state index contributed by atoms with van der Waals surface area (Å²) < 4.78 is 6.20. The van der Waals surface area contributed by atoms with Gasteiger partial charge in [0.05, 0.1) is 5.56 Å². The molecule has 0 aliphatic carbocycles. The summed E-state index contributed by atoms with van der Waals surface area (Å²) in [6.45, 7) is 2.37. The summed E-state index contributed by atoms with van der Waals surface area (Å²) in [5.74, 6) is 0.962. The average molecular weight is 355 g/mol. The Morgan fingerprint density at radius 3 is 2.33 bits per heavy atom. The van der Waals surface area contributed by atoms with Gasteiger partial charge < -0.3 is 10.1 Å². The lowest BCUT2D eigenvalue weighted by Gasteiger charge is -2.14. The zero-order valence-electron chi connectivity index (χ0n) is 15.2. The summed E-state index contributed by atoms with van der Waals surface area (Å²) in [5.41, 5.74) is 3.70. The fourth-order valence-corrected chi connectivity index (χ4v) is 3.30. The number of pyridine rings is 1. The summed E-state index contributed by atoms with van der Waals surface area (Å²) in [6.07, 6.45) is 3.69. The van der Waals surface area contributed by atoms with Gasteiger partial charge in [-0.15, -0.1) is 0 Å². The maximum Gasteiger partial charge on any atom is 0.129 e. The van der Waals surface area contributed by atoms with Crippen molar-refractivity contribution in [2.45, 2.75) is 19.7 Å². The molecule has 0 unspecified atom stereocenters. The highest BCUT2D eigenvalue weighted by atomic mass is 16.5. The van der Waals surface area contributed by atoms with E-state index in [-0.39, 0.29) is 0 Å². The van der Waals surface area contributed by atoms with Crippen molar-refractivity contribution in [3.05, 3.63) is 108 Å². The minimum absolute atomic E-state index is 0.580. The average Bonchev–Trinajstić information content (AvgIpc) is 2.74. The highest BCUT2D eigenvalue weighted by Gasteiger charge is 2.11. The second kappa shape index (κ2) is 8.47. The van der Waals surface area contributed by atoms with Crippen molar-refractivity contribution >= 4 is 10.8 Å². The van der Waals surface area contributed by atoms with Gasteiger partial charge in [0.1, 0.15) is 25.4 Å². The van der Waals surface area contributed by atoms with Crippen LogP contribution in [0.1, 0.15) is 16.7 Å². The number of rotatable bonds is 7. The van der Waals surface area contributed by atoms with E-state index in [4.69, 9.17) is 4.74 Å². The third-order valence-corrected chi connectivity index (χ3v) is 4.71. The molecular formula is C24H23N2O+. The topological polar surface area (TPSA) is 38.7 Å². The Kier molecular flexibility index (Phi) is 5.42. The molecule has 4 aromatic rings. The van der Waals surface area contributed by atoms with Crippen LogP contribution in [0.25, 0.3) is 10.8 Å². The standard InChI is InChI=1S/C24H22N2O/c1-2-6-20(7-3-1)18-27-24-11-10-21-8-4-5-9-22(21)23(24)17-26-16-19-12-14-25-15-13-19/h1-15,26H,16-18H2/p+1. The van der Waals surface area contributed by atoms with Crippen molar-refractivity contribution < 1.29 is 10.1 Å². The Hall–Kier alpha value is -3.17. The molecule has 0 spiro atoms. The zero-order valence-corrected chi connectivity index (χ0v) is 15.2. The quantitative estimate of drug-likeness (QED) is 0.543. The number of nitrogens with zero attached hydrogens (tertiary/aromatic N) is 1. The SMILES string of the molecule is c1ccc(COc2ccc3ccccc3c2C[NH2+]Cc2ccncc2)cc1. The Labute approximate surface area is 159 Å². The van der Waals surface area contributed by atoms with Crippen molar-refractivity contribution in [3.8, 4) is 5.75 Å². The number of hydrogen-bond acceptors (Lipinski definition) is 2. The largest absolute Gasteiger partial charge is 0.488 e. The van der Waals surface area contributed by atoms with Crippen LogP contribution < -0.4 is 10.1 Å². The van der Waals surface area contributed by atoms with E-state index in [1.165, 1.54) is 27.5 Å². The molecule has 1 aromatic heterocycles. The Bertz CT molecular complexity index is 1000. The van der Waals surface area contributed by atoms with Gasteiger partial charge in [0.2, 0.25) is 0 Å². The van der Waals surface area contributed by atoms with Gasteiger partial charge in [0.15, 0.2) is 0 Å². The molecule has 0 atom stereocenters. The van der Waals surface area contributed by atoms with Crippen LogP contribution in [-0.4, -0.2) is 4.98 Å². The lowest BCUT2D eigenvalue weighted by molar-refractivity contribution is -0.686. The van der Waals surface area contributed by atoms with Crippen molar-refractivity contribution in [2.75, 3.05) is 0 Å². The summed E-state index contributed by atoms with van der Waals surface area (Å²) in [5, 5.41) is 4.82. The monoisotopic (exact) mass is 355 g/mol. The number of nitrogens with two attached hydrogens (primary N) is 1. The van der Waals surface area contributed by atoms with E-state index < -0.39 is 0 Å². The predicted octanol–water partition coefficient (Wildman–Crippen LogP) is 4.08. The molecule has 4 rings (SSSR count). The van der Waals surface area contributed by atoms with Crippen LogP contribution in [0.3, 0.4) is 0 Å². The first-order valence-electron chi connectivity index (χ1n) is 9.28. The lowest BCUT2D eigenvalue weighted by Crippen LogP contribution is -2.80. The van der Waals surface area contributed by atoms with E-state index in [0.29, 0.717) is 6.61 Å². The fraction of sp³-hybridized carbons (Fsp3) is 0.125. The number of benzene rings is 3. The van der Waals surface area contributed by atoms with E-state index in [2.05, 4.69) is 71.0 Å². The van der Waals surface area contributed by atoms with Gasteiger partial charge in [-0.05, 0) is 34.5 Å². The normalized spacial score (nSPS) is 10.8. The molecule has 0 bridgehead atoms. The molecule has 3 nitrogen and oxygen atoms in total. The van der Waals surface area contributed by atoms with Gasteiger partial charge in [-0.25, -0.2) is 0 Å². The fourth-order valence-electron chi connectivity index (χ4n) is 3.30. The van der Waals surface area contributed by atoms with Gasteiger partial charge in [-0.1, -0.05) is 60.7 Å². The second-order valence-corrected chi connectivity index (χ2v) is 6.59. The number of quaternary nitrogens is 1. The summed E-state index contributed by atoms with van der Waals surface area (Å²) in [6, 6.07) is 27.2. The highest BCUT2D eigenvalue weighted by Crippen LogP contribution is 2.28. The molecule has 3 heteroatoms. The maximum atomic E-state index is 6.20. The van der Waals surface area contributed by atoms with E-state index in [0.717, 1.165) is 18.8 Å².